The molecule has 0 amide bonds. The van der Waals surface area contributed by atoms with Crippen LogP contribution in [0.5, 0.6) is 0 Å². The smallest absolute Gasteiger partial charge is 0.230 e. The van der Waals surface area contributed by atoms with Gasteiger partial charge in [-0.3, -0.25) is 0 Å². The van der Waals surface area contributed by atoms with Crippen molar-refractivity contribution in [3.8, 4) is 6.07 Å². The van der Waals surface area contributed by atoms with Crippen molar-refractivity contribution in [3.63, 3.8) is 0 Å². The summed E-state index contributed by atoms with van der Waals surface area (Å²) < 4.78 is 25.8. The molecule has 0 radical (unpaired) electrons. The number of nitrogens with two attached hydrogens (primary N) is 1. The lowest BCUT2D eigenvalue weighted by atomic mass is 9.96. The van der Waals surface area contributed by atoms with E-state index in [0.717, 1.165) is 19.3 Å². The van der Waals surface area contributed by atoms with E-state index in [0.29, 0.717) is 32.0 Å². The van der Waals surface area contributed by atoms with Crippen LogP contribution in [0.1, 0.15) is 32.6 Å². The van der Waals surface area contributed by atoms with Crippen LogP contribution in [0.15, 0.2) is 0 Å². The Morgan fingerprint density at radius 1 is 1.59 bits per heavy atom. The first-order valence-electron chi connectivity index (χ1n) is 6.14. The molecular weight excluding hydrogens is 238 g/mol. The highest BCUT2D eigenvalue weighted by molar-refractivity contribution is 7.90. The number of sulfonamides is 1. The number of nitrogens with zero attached hydrogens (tertiary/aromatic N) is 2. The standard InChI is InChI=1S/C11H21N3O2S/c1-2-11(8-13)17(15,16)14-7-3-4-10(9-14)5-6-12/h10-11H,2-7,9,12H2,1H3. The van der Waals surface area contributed by atoms with Crippen molar-refractivity contribution < 1.29 is 8.42 Å². The van der Waals surface area contributed by atoms with E-state index in [1.165, 1.54) is 4.31 Å². The average Bonchev–Trinajstić information content (AvgIpc) is 2.31. The zero-order valence-electron chi connectivity index (χ0n) is 10.3. The lowest BCUT2D eigenvalue weighted by Crippen LogP contribution is -2.44. The van der Waals surface area contributed by atoms with Gasteiger partial charge in [-0.15, -0.1) is 0 Å². The van der Waals surface area contributed by atoms with Gasteiger partial charge in [-0.1, -0.05) is 6.92 Å². The fourth-order valence-electron chi connectivity index (χ4n) is 2.28. The van der Waals surface area contributed by atoms with Crippen LogP contribution in [0.3, 0.4) is 0 Å². The van der Waals surface area contributed by atoms with Crippen molar-refractivity contribution in [1.82, 2.24) is 4.31 Å². The van der Waals surface area contributed by atoms with Crippen LogP contribution in [0.25, 0.3) is 0 Å². The highest BCUT2D eigenvalue weighted by Gasteiger charge is 2.34. The van der Waals surface area contributed by atoms with Crippen molar-refractivity contribution >= 4 is 10.0 Å². The van der Waals surface area contributed by atoms with Crippen molar-refractivity contribution in [2.75, 3.05) is 19.6 Å². The number of hydrogen-bond acceptors (Lipinski definition) is 4. The molecule has 1 fully saturated rings. The molecule has 1 aliphatic heterocycles. The molecule has 17 heavy (non-hydrogen) atoms. The number of rotatable bonds is 5. The van der Waals surface area contributed by atoms with E-state index in [9.17, 15) is 8.42 Å². The van der Waals surface area contributed by atoms with Gasteiger partial charge in [0.05, 0.1) is 6.07 Å². The zero-order chi connectivity index (χ0) is 12.9. The molecule has 5 nitrogen and oxygen atoms in total. The number of hydrogen-bond donors (Lipinski definition) is 1. The third-order valence-electron chi connectivity index (χ3n) is 3.29. The maximum Gasteiger partial charge on any atom is 0.230 e. The van der Waals surface area contributed by atoms with E-state index in [2.05, 4.69) is 0 Å². The minimum Gasteiger partial charge on any atom is -0.330 e. The minimum absolute atomic E-state index is 0.344. The number of nitriles is 1. The van der Waals surface area contributed by atoms with Gasteiger partial charge in [-0.25, -0.2) is 12.7 Å². The Morgan fingerprint density at radius 3 is 2.82 bits per heavy atom. The quantitative estimate of drug-likeness (QED) is 0.786. The molecule has 0 spiro atoms. The molecule has 1 aliphatic rings. The van der Waals surface area contributed by atoms with Crippen molar-refractivity contribution in [1.29, 1.82) is 5.26 Å². The van der Waals surface area contributed by atoms with Crippen LogP contribution in [0.2, 0.25) is 0 Å². The summed E-state index contributed by atoms with van der Waals surface area (Å²) in [4.78, 5) is 0. The van der Waals surface area contributed by atoms with Gasteiger partial charge in [0.15, 0.2) is 5.25 Å². The molecule has 0 bridgehead atoms. The summed E-state index contributed by atoms with van der Waals surface area (Å²) in [5, 5.41) is 7.98. The summed E-state index contributed by atoms with van der Waals surface area (Å²) in [6, 6.07) is 1.88. The maximum absolute atomic E-state index is 12.2. The first kappa shape index (κ1) is 14.4. The van der Waals surface area contributed by atoms with Crippen LogP contribution in [-0.4, -0.2) is 37.6 Å². The van der Waals surface area contributed by atoms with E-state index in [-0.39, 0.29) is 0 Å². The number of piperidine rings is 1. The largest absolute Gasteiger partial charge is 0.330 e. The first-order valence-corrected chi connectivity index (χ1v) is 7.65. The molecule has 2 N–H and O–H groups in total. The third-order valence-corrected chi connectivity index (χ3v) is 5.50. The molecule has 1 saturated heterocycles. The molecule has 6 heteroatoms. The molecule has 0 aromatic rings. The fraction of sp³-hybridized carbons (Fsp3) is 0.909. The van der Waals surface area contributed by atoms with Crippen LogP contribution in [0, 0.1) is 17.2 Å². The normalized spacial score (nSPS) is 24.2. The molecular formula is C11H21N3O2S. The van der Waals surface area contributed by atoms with E-state index < -0.39 is 15.3 Å². The highest BCUT2D eigenvalue weighted by Crippen LogP contribution is 2.23. The molecule has 2 unspecified atom stereocenters. The van der Waals surface area contributed by atoms with Crippen LogP contribution >= 0.6 is 0 Å². The second-order valence-electron chi connectivity index (χ2n) is 4.51. The predicted molar refractivity (Wildman–Crippen MR) is 66.6 cm³/mol. The summed E-state index contributed by atoms with van der Waals surface area (Å²) in [7, 11) is -3.44. The Morgan fingerprint density at radius 2 is 2.29 bits per heavy atom. The molecule has 1 rings (SSSR count). The Labute approximate surface area is 104 Å². The van der Waals surface area contributed by atoms with Crippen molar-refractivity contribution in [2.24, 2.45) is 11.7 Å². The van der Waals surface area contributed by atoms with E-state index in [1.807, 2.05) is 6.07 Å². The highest BCUT2D eigenvalue weighted by atomic mass is 32.2. The molecule has 0 saturated carbocycles. The lowest BCUT2D eigenvalue weighted by molar-refractivity contribution is 0.257. The summed E-state index contributed by atoms with van der Waals surface area (Å²) in [5.41, 5.74) is 5.51. The van der Waals surface area contributed by atoms with Gasteiger partial charge in [-0.05, 0) is 38.1 Å². The Balaban J connectivity index is 2.75. The van der Waals surface area contributed by atoms with E-state index in [1.54, 1.807) is 6.92 Å². The molecule has 0 aromatic carbocycles. The summed E-state index contributed by atoms with van der Waals surface area (Å²) in [6.07, 6.45) is 3.10. The summed E-state index contributed by atoms with van der Waals surface area (Å²) in [6.45, 7) is 3.39. The molecule has 2 atom stereocenters. The summed E-state index contributed by atoms with van der Waals surface area (Å²) in [5.74, 6) is 0.347. The molecule has 98 valence electrons. The van der Waals surface area contributed by atoms with Crippen molar-refractivity contribution in [3.05, 3.63) is 0 Å². The van der Waals surface area contributed by atoms with Gasteiger partial charge in [0, 0.05) is 13.1 Å². The van der Waals surface area contributed by atoms with E-state index >= 15 is 0 Å². The molecule has 0 aliphatic carbocycles. The van der Waals surface area contributed by atoms with Gasteiger partial charge in [0.25, 0.3) is 0 Å². The van der Waals surface area contributed by atoms with Crippen molar-refractivity contribution in [2.45, 2.75) is 37.9 Å². The second kappa shape index (κ2) is 6.34. The molecule has 1 heterocycles. The third kappa shape index (κ3) is 3.41. The SMILES string of the molecule is CCC(C#N)S(=O)(=O)N1CCCC(CCN)C1. The van der Waals surface area contributed by atoms with Crippen LogP contribution < -0.4 is 5.73 Å². The first-order chi connectivity index (χ1) is 8.06. The Hall–Kier alpha value is -0.640. The maximum atomic E-state index is 12.2. The monoisotopic (exact) mass is 259 g/mol. The predicted octanol–water partition coefficient (Wildman–Crippen LogP) is 0.679. The minimum atomic E-state index is -3.44. The van der Waals surface area contributed by atoms with Gasteiger partial charge >= 0.3 is 0 Å². The fourth-order valence-corrected chi connectivity index (χ4v) is 3.99. The second-order valence-corrected chi connectivity index (χ2v) is 6.63. The molecule has 0 aromatic heterocycles. The lowest BCUT2D eigenvalue weighted by Gasteiger charge is -2.32. The van der Waals surface area contributed by atoms with Gasteiger partial charge in [-0.2, -0.15) is 5.26 Å². The van der Waals surface area contributed by atoms with Gasteiger partial charge < -0.3 is 5.73 Å². The van der Waals surface area contributed by atoms with Crippen LogP contribution in [0.4, 0.5) is 0 Å². The van der Waals surface area contributed by atoms with Gasteiger partial charge in [0.1, 0.15) is 0 Å². The topological polar surface area (TPSA) is 87.2 Å². The average molecular weight is 259 g/mol. The Kier molecular flexibility index (Phi) is 5.37. The van der Waals surface area contributed by atoms with E-state index in [4.69, 9.17) is 11.0 Å². The van der Waals surface area contributed by atoms with Gasteiger partial charge in [0.2, 0.25) is 10.0 Å². The Bertz CT molecular complexity index is 373. The van der Waals surface area contributed by atoms with Crippen LogP contribution in [-0.2, 0) is 10.0 Å². The summed E-state index contributed by atoms with van der Waals surface area (Å²) >= 11 is 0. The zero-order valence-corrected chi connectivity index (χ0v) is 11.1.